The first kappa shape index (κ1) is 14.6. The molecule has 0 fully saturated rings. The van der Waals surface area contributed by atoms with Gasteiger partial charge in [0.25, 0.3) is 0 Å². The molecule has 0 aliphatic carbocycles. The van der Waals surface area contributed by atoms with E-state index in [9.17, 15) is 9.18 Å². The minimum atomic E-state index is -0.695. The third-order valence-electron chi connectivity index (χ3n) is 2.92. The summed E-state index contributed by atoms with van der Waals surface area (Å²) in [5.74, 6) is -0.578. The van der Waals surface area contributed by atoms with Crippen LogP contribution in [-0.4, -0.2) is 16.4 Å². The fourth-order valence-corrected chi connectivity index (χ4v) is 1.70. The number of benzene rings is 1. The highest BCUT2D eigenvalue weighted by Gasteiger charge is 2.27. The number of hydrogen-bond donors (Lipinski definition) is 2. The van der Waals surface area contributed by atoms with E-state index in [0.29, 0.717) is 12.0 Å². The van der Waals surface area contributed by atoms with Gasteiger partial charge in [-0.1, -0.05) is 31.3 Å². The molecule has 1 atom stereocenters. The molecule has 98 valence electrons. The molecule has 0 aliphatic rings. The van der Waals surface area contributed by atoms with Gasteiger partial charge in [-0.05, 0) is 31.0 Å². The summed E-state index contributed by atoms with van der Waals surface area (Å²) < 4.78 is 13.0. The number of thiocarbonyl (C=S) groups is 1. The molecule has 0 spiro atoms. The Morgan fingerprint density at radius 2 is 2.22 bits per heavy atom. The SMILES string of the molecule is CCC(C)(NC(=O)Cc1cccc(F)c1)C(N)=S. The molecule has 1 aromatic rings. The number of carbonyl (C=O) groups is 1. The van der Waals surface area contributed by atoms with Crippen molar-refractivity contribution in [3.8, 4) is 0 Å². The first-order chi connectivity index (χ1) is 8.37. The predicted molar refractivity (Wildman–Crippen MR) is 73.7 cm³/mol. The van der Waals surface area contributed by atoms with Crippen LogP contribution in [0.3, 0.4) is 0 Å². The lowest BCUT2D eigenvalue weighted by Gasteiger charge is -2.28. The van der Waals surface area contributed by atoms with E-state index in [4.69, 9.17) is 18.0 Å². The van der Waals surface area contributed by atoms with Crippen molar-refractivity contribution in [2.75, 3.05) is 0 Å². The zero-order valence-electron chi connectivity index (χ0n) is 10.5. The molecule has 0 heterocycles. The molecule has 1 aromatic carbocycles. The maximum absolute atomic E-state index is 13.0. The van der Waals surface area contributed by atoms with Gasteiger partial charge < -0.3 is 11.1 Å². The summed E-state index contributed by atoms with van der Waals surface area (Å²) in [5.41, 5.74) is 5.53. The van der Waals surface area contributed by atoms with Crippen LogP contribution in [0, 0.1) is 5.82 Å². The Hall–Kier alpha value is -1.49. The molecule has 3 N–H and O–H groups in total. The first-order valence-electron chi connectivity index (χ1n) is 5.73. The maximum atomic E-state index is 13.0. The third kappa shape index (κ3) is 3.77. The number of halogens is 1. The normalized spacial score (nSPS) is 13.7. The van der Waals surface area contributed by atoms with Gasteiger partial charge in [0.15, 0.2) is 0 Å². The van der Waals surface area contributed by atoms with Crippen LogP contribution < -0.4 is 11.1 Å². The van der Waals surface area contributed by atoms with Crippen LogP contribution in [0.4, 0.5) is 4.39 Å². The van der Waals surface area contributed by atoms with Crippen molar-refractivity contribution in [3.05, 3.63) is 35.6 Å². The number of amides is 1. The molecule has 1 rings (SSSR count). The van der Waals surface area contributed by atoms with E-state index >= 15 is 0 Å². The molecular formula is C13H17FN2OS. The van der Waals surface area contributed by atoms with Gasteiger partial charge in [0, 0.05) is 0 Å². The van der Waals surface area contributed by atoms with Gasteiger partial charge in [-0.15, -0.1) is 0 Å². The number of carbonyl (C=O) groups excluding carboxylic acids is 1. The van der Waals surface area contributed by atoms with Gasteiger partial charge in [0.05, 0.1) is 16.9 Å². The summed E-state index contributed by atoms with van der Waals surface area (Å²) in [7, 11) is 0. The molecule has 0 saturated heterocycles. The molecule has 0 aromatic heterocycles. The summed E-state index contributed by atoms with van der Waals surface area (Å²) in [4.78, 5) is 12.1. The number of nitrogens with one attached hydrogen (secondary N) is 1. The number of hydrogen-bond acceptors (Lipinski definition) is 2. The lowest BCUT2D eigenvalue weighted by Crippen LogP contribution is -2.54. The van der Waals surface area contributed by atoms with Crippen molar-refractivity contribution in [2.24, 2.45) is 5.73 Å². The monoisotopic (exact) mass is 268 g/mol. The van der Waals surface area contributed by atoms with Crippen molar-refractivity contribution >= 4 is 23.1 Å². The Balaban J connectivity index is 2.70. The van der Waals surface area contributed by atoms with Gasteiger partial charge >= 0.3 is 0 Å². The fourth-order valence-electron chi connectivity index (χ4n) is 1.51. The molecule has 3 nitrogen and oxygen atoms in total. The second-order valence-electron chi connectivity index (χ2n) is 4.40. The highest BCUT2D eigenvalue weighted by atomic mass is 32.1. The first-order valence-corrected chi connectivity index (χ1v) is 6.13. The average Bonchev–Trinajstić information content (AvgIpc) is 2.28. The van der Waals surface area contributed by atoms with E-state index in [1.807, 2.05) is 6.92 Å². The van der Waals surface area contributed by atoms with Crippen LogP contribution in [0.2, 0.25) is 0 Å². The van der Waals surface area contributed by atoms with E-state index in [1.165, 1.54) is 12.1 Å². The molecule has 0 bridgehead atoms. The second-order valence-corrected chi connectivity index (χ2v) is 4.84. The van der Waals surface area contributed by atoms with Gasteiger partial charge in [-0.3, -0.25) is 4.79 Å². The van der Waals surface area contributed by atoms with Crippen molar-refractivity contribution in [1.82, 2.24) is 5.32 Å². The van der Waals surface area contributed by atoms with Crippen LogP contribution >= 0.6 is 12.2 Å². The Bertz CT molecular complexity index is 464. The summed E-state index contributed by atoms with van der Waals surface area (Å²) in [6.07, 6.45) is 0.715. The van der Waals surface area contributed by atoms with Crippen molar-refractivity contribution in [3.63, 3.8) is 0 Å². The van der Waals surface area contributed by atoms with Crippen molar-refractivity contribution < 1.29 is 9.18 Å². The smallest absolute Gasteiger partial charge is 0.225 e. The molecule has 5 heteroatoms. The van der Waals surface area contributed by atoms with E-state index in [-0.39, 0.29) is 23.1 Å². The Morgan fingerprint density at radius 1 is 1.56 bits per heavy atom. The van der Waals surface area contributed by atoms with Gasteiger partial charge in [0.1, 0.15) is 5.82 Å². The predicted octanol–water partition coefficient (Wildman–Crippen LogP) is 1.94. The largest absolute Gasteiger partial charge is 0.391 e. The lowest BCUT2D eigenvalue weighted by atomic mass is 9.98. The topological polar surface area (TPSA) is 55.1 Å². The van der Waals surface area contributed by atoms with Crippen LogP contribution in [0.1, 0.15) is 25.8 Å². The zero-order chi connectivity index (χ0) is 13.8. The van der Waals surface area contributed by atoms with Gasteiger partial charge in [0.2, 0.25) is 5.91 Å². The Kier molecular flexibility index (Phi) is 4.78. The van der Waals surface area contributed by atoms with Crippen LogP contribution in [0.15, 0.2) is 24.3 Å². The quantitative estimate of drug-likeness (QED) is 0.802. The summed E-state index contributed by atoms with van der Waals surface area (Å²) in [6, 6.07) is 5.95. The fraction of sp³-hybridized carbons (Fsp3) is 0.385. The number of nitrogens with two attached hydrogens (primary N) is 1. The van der Waals surface area contributed by atoms with Gasteiger partial charge in [-0.25, -0.2) is 4.39 Å². The highest BCUT2D eigenvalue weighted by molar-refractivity contribution is 7.80. The molecular weight excluding hydrogens is 251 g/mol. The van der Waals surface area contributed by atoms with Crippen LogP contribution in [0.5, 0.6) is 0 Å². The van der Waals surface area contributed by atoms with Crippen LogP contribution in [-0.2, 0) is 11.2 Å². The van der Waals surface area contributed by atoms with Crippen molar-refractivity contribution in [2.45, 2.75) is 32.2 Å². The molecule has 0 aliphatic heterocycles. The second kappa shape index (κ2) is 5.91. The molecule has 0 saturated carbocycles. The average molecular weight is 268 g/mol. The lowest BCUT2D eigenvalue weighted by molar-refractivity contribution is -0.121. The number of rotatable bonds is 5. The molecule has 1 amide bonds. The maximum Gasteiger partial charge on any atom is 0.225 e. The Morgan fingerprint density at radius 3 is 2.72 bits per heavy atom. The Labute approximate surface area is 112 Å². The minimum absolute atomic E-state index is 0.107. The molecule has 1 unspecified atom stereocenters. The molecule has 18 heavy (non-hydrogen) atoms. The van der Waals surface area contributed by atoms with Crippen molar-refractivity contribution in [1.29, 1.82) is 0 Å². The highest BCUT2D eigenvalue weighted by Crippen LogP contribution is 2.11. The standard InChI is InChI=1S/C13H17FN2OS/c1-3-13(2,12(15)18)16-11(17)8-9-5-4-6-10(14)7-9/h4-7H,3,8H2,1-2H3,(H2,15,18)(H,16,17). The van der Waals surface area contributed by atoms with E-state index < -0.39 is 5.54 Å². The van der Waals surface area contributed by atoms with E-state index in [0.717, 1.165) is 0 Å². The van der Waals surface area contributed by atoms with E-state index in [1.54, 1.807) is 19.1 Å². The van der Waals surface area contributed by atoms with E-state index in [2.05, 4.69) is 5.32 Å². The minimum Gasteiger partial charge on any atom is -0.391 e. The van der Waals surface area contributed by atoms with Gasteiger partial charge in [-0.2, -0.15) is 0 Å². The third-order valence-corrected chi connectivity index (χ3v) is 3.37. The van der Waals surface area contributed by atoms with Crippen LogP contribution in [0.25, 0.3) is 0 Å². The summed E-state index contributed by atoms with van der Waals surface area (Å²) >= 11 is 4.94. The molecule has 0 radical (unpaired) electrons. The summed E-state index contributed by atoms with van der Waals surface area (Å²) in [6.45, 7) is 3.67. The summed E-state index contributed by atoms with van der Waals surface area (Å²) in [5, 5.41) is 2.78. The zero-order valence-corrected chi connectivity index (χ0v) is 11.3.